The van der Waals surface area contributed by atoms with Gasteiger partial charge in [-0.1, -0.05) is 6.07 Å². The fraction of sp³-hybridized carbons (Fsp3) is 0.562. The van der Waals surface area contributed by atoms with Crippen molar-refractivity contribution >= 4 is 28.9 Å². The topological polar surface area (TPSA) is 66.5 Å². The van der Waals surface area contributed by atoms with Crippen molar-refractivity contribution in [3.8, 4) is 0 Å². The lowest BCUT2D eigenvalue weighted by molar-refractivity contribution is -0.136. The van der Waals surface area contributed by atoms with Crippen LogP contribution in [0.5, 0.6) is 0 Å². The van der Waals surface area contributed by atoms with Crippen LogP contribution in [0.15, 0.2) is 17.5 Å². The van der Waals surface area contributed by atoms with Gasteiger partial charge in [0.15, 0.2) is 5.78 Å². The molecule has 0 atom stereocenters. The fourth-order valence-corrected chi connectivity index (χ4v) is 2.64. The second kappa shape index (κ2) is 8.08. The van der Waals surface area contributed by atoms with Crippen molar-refractivity contribution in [2.75, 3.05) is 13.1 Å². The fourth-order valence-electron chi connectivity index (χ4n) is 1.95. The number of likely N-dealkylation sites (N-methyl/N-ethyl adjacent to an activating group) is 1. The van der Waals surface area contributed by atoms with Gasteiger partial charge in [-0.3, -0.25) is 14.4 Å². The van der Waals surface area contributed by atoms with E-state index in [-0.39, 0.29) is 42.5 Å². The molecule has 0 bridgehead atoms. The van der Waals surface area contributed by atoms with Crippen molar-refractivity contribution in [2.45, 2.75) is 46.1 Å². The van der Waals surface area contributed by atoms with Crippen LogP contribution in [0.1, 0.15) is 50.2 Å². The zero-order valence-electron chi connectivity index (χ0n) is 13.6. The van der Waals surface area contributed by atoms with Gasteiger partial charge in [0.05, 0.1) is 11.4 Å². The summed E-state index contributed by atoms with van der Waals surface area (Å²) in [5, 5.41) is 4.67. The van der Waals surface area contributed by atoms with Gasteiger partial charge in [-0.25, -0.2) is 0 Å². The molecule has 0 radical (unpaired) electrons. The van der Waals surface area contributed by atoms with E-state index in [1.807, 2.05) is 39.1 Å². The molecule has 0 aliphatic carbocycles. The Morgan fingerprint density at radius 1 is 1.23 bits per heavy atom. The van der Waals surface area contributed by atoms with Gasteiger partial charge in [0, 0.05) is 24.9 Å². The Kier molecular flexibility index (Phi) is 6.74. The quantitative estimate of drug-likeness (QED) is 0.784. The number of amides is 2. The molecular weight excluding hydrogens is 300 g/mol. The second-order valence-corrected chi connectivity index (χ2v) is 7.05. The highest BCUT2D eigenvalue weighted by Crippen LogP contribution is 2.13. The van der Waals surface area contributed by atoms with Crippen LogP contribution in [0.25, 0.3) is 0 Å². The number of nitrogens with zero attached hydrogens (tertiary/aromatic N) is 1. The van der Waals surface area contributed by atoms with Crippen molar-refractivity contribution in [3.05, 3.63) is 22.4 Å². The smallest absolute Gasteiger partial charge is 0.240 e. The molecule has 22 heavy (non-hydrogen) atoms. The zero-order chi connectivity index (χ0) is 16.8. The summed E-state index contributed by atoms with van der Waals surface area (Å²) in [4.78, 5) is 38.1. The van der Waals surface area contributed by atoms with Crippen LogP contribution < -0.4 is 5.32 Å². The Morgan fingerprint density at radius 2 is 1.91 bits per heavy atom. The lowest BCUT2D eigenvalue weighted by Crippen LogP contribution is -2.47. The average molecular weight is 324 g/mol. The number of ketones is 1. The molecular formula is C16H24N2O3S. The number of hydrogen-bond donors (Lipinski definition) is 1. The van der Waals surface area contributed by atoms with Crippen LogP contribution in [0.4, 0.5) is 0 Å². The van der Waals surface area contributed by atoms with Crippen LogP contribution in [-0.2, 0) is 9.59 Å². The average Bonchev–Trinajstić information content (AvgIpc) is 2.93. The molecule has 1 rings (SSSR count). The van der Waals surface area contributed by atoms with Gasteiger partial charge in [0.2, 0.25) is 11.8 Å². The molecule has 0 spiro atoms. The van der Waals surface area contributed by atoms with E-state index < -0.39 is 0 Å². The van der Waals surface area contributed by atoms with E-state index in [0.717, 1.165) is 0 Å². The van der Waals surface area contributed by atoms with Crippen LogP contribution in [0.2, 0.25) is 0 Å². The SMILES string of the molecule is CCN(CC(=O)NC(C)(C)C)C(=O)CCC(=O)c1cccs1. The summed E-state index contributed by atoms with van der Waals surface area (Å²) in [5.74, 6) is -0.387. The third-order valence-electron chi connectivity index (χ3n) is 2.95. The minimum absolute atomic E-state index is 0.0276. The predicted octanol–water partition coefficient (Wildman–Crippen LogP) is 2.47. The Hall–Kier alpha value is -1.69. The summed E-state index contributed by atoms with van der Waals surface area (Å²) < 4.78 is 0. The molecule has 0 saturated carbocycles. The van der Waals surface area contributed by atoms with Crippen LogP contribution in [0.3, 0.4) is 0 Å². The normalized spacial score (nSPS) is 11.1. The Bertz CT molecular complexity index is 518. The summed E-state index contributed by atoms with van der Waals surface area (Å²) in [6.45, 7) is 7.97. The van der Waals surface area contributed by atoms with Crippen molar-refractivity contribution in [3.63, 3.8) is 0 Å². The van der Waals surface area contributed by atoms with E-state index in [0.29, 0.717) is 11.4 Å². The zero-order valence-corrected chi connectivity index (χ0v) is 14.5. The van der Waals surface area contributed by atoms with E-state index in [2.05, 4.69) is 5.32 Å². The number of nitrogens with one attached hydrogen (secondary N) is 1. The summed E-state index contributed by atoms with van der Waals surface area (Å²) in [5.41, 5.74) is -0.325. The summed E-state index contributed by atoms with van der Waals surface area (Å²) in [6, 6.07) is 3.57. The van der Waals surface area contributed by atoms with Gasteiger partial charge < -0.3 is 10.2 Å². The summed E-state index contributed by atoms with van der Waals surface area (Å²) in [7, 11) is 0. The highest BCUT2D eigenvalue weighted by Gasteiger charge is 2.20. The molecule has 0 saturated heterocycles. The summed E-state index contributed by atoms with van der Waals surface area (Å²) in [6.07, 6.45) is 0.310. The Labute approximate surface area is 135 Å². The minimum atomic E-state index is -0.325. The maximum atomic E-state index is 12.1. The molecule has 122 valence electrons. The molecule has 2 amide bonds. The molecule has 1 N–H and O–H groups in total. The lowest BCUT2D eigenvalue weighted by atomic mass is 10.1. The monoisotopic (exact) mass is 324 g/mol. The van der Waals surface area contributed by atoms with E-state index in [1.165, 1.54) is 16.2 Å². The first kappa shape index (κ1) is 18.4. The first-order valence-corrected chi connectivity index (χ1v) is 8.26. The van der Waals surface area contributed by atoms with Crippen LogP contribution in [0, 0.1) is 0 Å². The number of thiophene rings is 1. The van der Waals surface area contributed by atoms with Gasteiger partial charge in [-0.2, -0.15) is 0 Å². The number of Topliss-reactive ketones (excluding diaryl/α,β-unsaturated/α-hetero) is 1. The van der Waals surface area contributed by atoms with Crippen LogP contribution >= 0.6 is 11.3 Å². The first-order chi connectivity index (χ1) is 10.2. The van der Waals surface area contributed by atoms with Gasteiger partial charge in [0.25, 0.3) is 0 Å². The molecule has 0 aliphatic rings. The third-order valence-corrected chi connectivity index (χ3v) is 3.86. The minimum Gasteiger partial charge on any atom is -0.350 e. The molecule has 0 aliphatic heterocycles. The van der Waals surface area contributed by atoms with E-state index >= 15 is 0 Å². The molecule has 6 heteroatoms. The summed E-state index contributed by atoms with van der Waals surface area (Å²) >= 11 is 1.38. The largest absolute Gasteiger partial charge is 0.350 e. The number of hydrogen-bond acceptors (Lipinski definition) is 4. The molecule has 5 nitrogen and oxygen atoms in total. The first-order valence-electron chi connectivity index (χ1n) is 7.38. The Balaban J connectivity index is 2.47. The molecule has 1 aromatic rings. The lowest BCUT2D eigenvalue weighted by Gasteiger charge is -2.25. The standard InChI is InChI=1S/C16H24N2O3S/c1-5-18(11-14(20)17-16(2,3)4)15(21)9-8-12(19)13-7-6-10-22-13/h6-7,10H,5,8-9,11H2,1-4H3,(H,17,20). The van der Waals surface area contributed by atoms with Gasteiger partial charge in [-0.05, 0) is 39.1 Å². The van der Waals surface area contributed by atoms with Crippen molar-refractivity contribution in [2.24, 2.45) is 0 Å². The highest BCUT2D eigenvalue weighted by molar-refractivity contribution is 7.12. The van der Waals surface area contributed by atoms with E-state index in [1.54, 1.807) is 6.07 Å². The van der Waals surface area contributed by atoms with Gasteiger partial charge >= 0.3 is 0 Å². The molecule has 1 heterocycles. The van der Waals surface area contributed by atoms with Crippen molar-refractivity contribution in [1.82, 2.24) is 10.2 Å². The molecule has 0 fully saturated rings. The van der Waals surface area contributed by atoms with Gasteiger partial charge in [-0.15, -0.1) is 11.3 Å². The molecule has 0 aromatic carbocycles. The van der Waals surface area contributed by atoms with E-state index in [9.17, 15) is 14.4 Å². The van der Waals surface area contributed by atoms with E-state index in [4.69, 9.17) is 0 Å². The highest BCUT2D eigenvalue weighted by atomic mass is 32.1. The van der Waals surface area contributed by atoms with Crippen molar-refractivity contribution < 1.29 is 14.4 Å². The van der Waals surface area contributed by atoms with Gasteiger partial charge in [0.1, 0.15) is 0 Å². The number of carbonyl (C=O) groups excluding carboxylic acids is 3. The van der Waals surface area contributed by atoms with Crippen LogP contribution in [-0.4, -0.2) is 41.1 Å². The maximum absolute atomic E-state index is 12.1. The number of rotatable bonds is 7. The van der Waals surface area contributed by atoms with Crippen molar-refractivity contribution in [1.29, 1.82) is 0 Å². The predicted molar refractivity (Wildman–Crippen MR) is 88.0 cm³/mol. The number of carbonyl (C=O) groups is 3. The molecule has 1 aromatic heterocycles. The molecule has 0 unspecified atom stereocenters. The third kappa shape index (κ3) is 6.39. The second-order valence-electron chi connectivity index (χ2n) is 6.11. The Morgan fingerprint density at radius 3 is 2.41 bits per heavy atom. The maximum Gasteiger partial charge on any atom is 0.240 e.